The zero-order chi connectivity index (χ0) is 26.9. The van der Waals surface area contributed by atoms with Gasteiger partial charge in [-0.3, -0.25) is 4.79 Å². The van der Waals surface area contributed by atoms with Crippen LogP contribution in [0, 0.1) is 0 Å². The van der Waals surface area contributed by atoms with Crippen molar-refractivity contribution in [2.45, 2.75) is 0 Å². The van der Waals surface area contributed by atoms with E-state index in [4.69, 9.17) is 23.7 Å². The molecule has 0 radical (unpaired) electrons. The Morgan fingerprint density at radius 3 is 1.84 bits per heavy atom. The Bertz CT molecular complexity index is 1300. The highest BCUT2D eigenvalue weighted by Gasteiger charge is 2.13. The van der Waals surface area contributed by atoms with Gasteiger partial charge >= 0.3 is 0 Å². The second-order valence-corrected chi connectivity index (χ2v) is 7.64. The lowest BCUT2D eigenvalue weighted by atomic mass is 10.1. The molecule has 0 heterocycles. The molecule has 0 aliphatic heterocycles. The summed E-state index contributed by atoms with van der Waals surface area (Å²) in [5, 5.41) is 23.4. The summed E-state index contributed by atoms with van der Waals surface area (Å²) in [6.45, 7) is 0. The van der Waals surface area contributed by atoms with E-state index in [0.29, 0.717) is 28.5 Å². The minimum absolute atomic E-state index is 0.0863. The summed E-state index contributed by atoms with van der Waals surface area (Å²) in [4.78, 5) is 12.5. The number of anilines is 1. The van der Waals surface area contributed by atoms with Crippen molar-refractivity contribution < 1.29 is 38.7 Å². The normalized spacial score (nSPS) is 10.9. The van der Waals surface area contributed by atoms with Gasteiger partial charge < -0.3 is 39.2 Å². The van der Waals surface area contributed by atoms with Crippen LogP contribution in [0.4, 0.5) is 5.69 Å². The third kappa shape index (κ3) is 6.26. The van der Waals surface area contributed by atoms with Gasteiger partial charge in [0.2, 0.25) is 5.75 Å². The highest BCUT2D eigenvalue weighted by atomic mass is 16.5. The van der Waals surface area contributed by atoms with Crippen molar-refractivity contribution in [1.29, 1.82) is 0 Å². The van der Waals surface area contributed by atoms with E-state index in [9.17, 15) is 15.0 Å². The van der Waals surface area contributed by atoms with Crippen LogP contribution in [0.3, 0.4) is 0 Å². The predicted molar refractivity (Wildman–Crippen MR) is 141 cm³/mol. The lowest BCUT2D eigenvalue weighted by Gasteiger charge is -2.13. The molecule has 0 aliphatic rings. The van der Waals surface area contributed by atoms with Gasteiger partial charge in [-0.05, 0) is 53.6 Å². The van der Waals surface area contributed by atoms with Crippen molar-refractivity contribution in [2.75, 3.05) is 40.9 Å². The van der Waals surface area contributed by atoms with E-state index in [2.05, 4.69) is 5.32 Å². The number of aromatic hydroxyl groups is 2. The maximum atomic E-state index is 12.5. The number of ether oxygens (including phenoxy) is 5. The maximum absolute atomic E-state index is 12.5. The van der Waals surface area contributed by atoms with Gasteiger partial charge in [-0.1, -0.05) is 12.2 Å². The SMILES string of the molecule is COc1ccc(C(=O)C=CNc2cc(C=Cc3cc(OC)c(OC)c(OC)c3)cc(O)c2OC)cc1O. The molecule has 3 N–H and O–H groups in total. The minimum Gasteiger partial charge on any atom is -0.504 e. The zero-order valence-corrected chi connectivity index (χ0v) is 21.2. The predicted octanol–water partition coefficient (Wildman–Crippen LogP) is 5.12. The fraction of sp³-hybridized carbons (Fsp3) is 0.179. The van der Waals surface area contributed by atoms with Gasteiger partial charge in [-0.15, -0.1) is 0 Å². The van der Waals surface area contributed by atoms with Crippen molar-refractivity contribution >= 4 is 23.6 Å². The molecule has 0 unspecified atom stereocenters. The maximum Gasteiger partial charge on any atom is 0.203 e. The summed E-state index contributed by atoms with van der Waals surface area (Å²) < 4.78 is 26.4. The van der Waals surface area contributed by atoms with Gasteiger partial charge in [0.1, 0.15) is 0 Å². The summed E-state index contributed by atoms with van der Waals surface area (Å²) in [6, 6.07) is 11.3. The molecule has 3 aromatic carbocycles. The molecule has 0 amide bonds. The third-order valence-corrected chi connectivity index (χ3v) is 5.39. The first-order valence-electron chi connectivity index (χ1n) is 11.1. The number of ketones is 1. The van der Waals surface area contributed by atoms with E-state index in [1.807, 2.05) is 6.08 Å². The van der Waals surface area contributed by atoms with Gasteiger partial charge in [-0.25, -0.2) is 0 Å². The molecule has 0 saturated heterocycles. The molecule has 0 bridgehead atoms. The van der Waals surface area contributed by atoms with Crippen LogP contribution in [0.25, 0.3) is 12.2 Å². The second kappa shape index (κ2) is 12.3. The van der Waals surface area contributed by atoms with Gasteiger partial charge in [-0.2, -0.15) is 0 Å². The number of allylic oxidation sites excluding steroid dienone is 1. The Kier molecular flexibility index (Phi) is 8.88. The molecule has 0 aliphatic carbocycles. The number of benzene rings is 3. The quantitative estimate of drug-likeness (QED) is 0.185. The van der Waals surface area contributed by atoms with Crippen LogP contribution in [0.5, 0.6) is 40.2 Å². The fourth-order valence-electron chi connectivity index (χ4n) is 3.59. The molecule has 37 heavy (non-hydrogen) atoms. The first-order valence-corrected chi connectivity index (χ1v) is 11.1. The first kappa shape index (κ1) is 26.8. The number of hydrogen-bond acceptors (Lipinski definition) is 9. The van der Waals surface area contributed by atoms with Crippen molar-refractivity contribution in [3.63, 3.8) is 0 Å². The van der Waals surface area contributed by atoms with E-state index >= 15 is 0 Å². The Hall–Kier alpha value is -4.79. The molecule has 3 rings (SSSR count). The summed E-state index contributed by atoms with van der Waals surface area (Å²) >= 11 is 0. The van der Waals surface area contributed by atoms with Crippen LogP contribution >= 0.6 is 0 Å². The highest BCUT2D eigenvalue weighted by molar-refractivity contribution is 6.05. The molecule has 3 aromatic rings. The summed E-state index contributed by atoms with van der Waals surface area (Å²) in [7, 11) is 7.48. The average molecular weight is 508 g/mol. The van der Waals surface area contributed by atoms with Crippen LogP contribution in [-0.4, -0.2) is 51.5 Å². The van der Waals surface area contributed by atoms with Crippen LogP contribution < -0.4 is 29.0 Å². The fourth-order valence-corrected chi connectivity index (χ4v) is 3.59. The Morgan fingerprint density at radius 1 is 0.703 bits per heavy atom. The summed E-state index contributed by atoms with van der Waals surface area (Å²) in [5.41, 5.74) is 2.17. The largest absolute Gasteiger partial charge is 0.504 e. The number of rotatable bonds is 11. The number of carbonyl (C=O) groups excluding carboxylic acids is 1. The number of carbonyl (C=O) groups is 1. The molecule has 194 valence electrons. The molecule has 0 saturated carbocycles. The minimum atomic E-state index is -0.341. The molecule has 9 heteroatoms. The Morgan fingerprint density at radius 2 is 1.30 bits per heavy atom. The van der Waals surface area contributed by atoms with E-state index in [1.165, 1.54) is 45.7 Å². The summed E-state index contributed by atoms with van der Waals surface area (Å²) in [5.74, 6) is 1.45. The Balaban J connectivity index is 1.84. The average Bonchev–Trinajstić information content (AvgIpc) is 2.90. The van der Waals surface area contributed by atoms with Crippen molar-refractivity contribution in [1.82, 2.24) is 0 Å². The summed E-state index contributed by atoms with van der Waals surface area (Å²) in [6.07, 6.45) is 6.34. The molecular formula is C28H29NO8. The van der Waals surface area contributed by atoms with Crippen LogP contribution in [0.15, 0.2) is 54.7 Å². The molecule has 0 atom stereocenters. The molecule has 0 spiro atoms. The zero-order valence-electron chi connectivity index (χ0n) is 21.2. The third-order valence-electron chi connectivity index (χ3n) is 5.39. The van der Waals surface area contributed by atoms with Crippen molar-refractivity contribution in [3.8, 4) is 40.2 Å². The van der Waals surface area contributed by atoms with E-state index in [1.54, 1.807) is 50.6 Å². The van der Waals surface area contributed by atoms with E-state index in [-0.39, 0.29) is 34.3 Å². The van der Waals surface area contributed by atoms with Crippen molar-refractivity contribution in [3.05, 3.63) is 71.4 Å². The van der Waals surface area contributed by atoms with Gasteiger partial charge in [0, 0.05) is 17.8 Å². The highest BCUT2D eigenvalue weighted by Crippen LogP contribution is 2.39. The number of phenolic OH excluding ortho intramolecular Hbond substituents is 2. The number of phenols is 2. The molecular weight excluding hydrogens is 478 g/mol. The number of hydrogen-bond donors (Lipinski definition) is 3. The molecule has 0 aromatic heterocycles. The lowest BCUT2D eigenvalue weighted by Crippen LogP contribution is -1.98. The first-order chi connectivity index (χ1) is 17.8. The number of nitrogens with one attached hydrogen (secondary N) is 1. The van der Waals surface area contributed by atoms with Crippen molar-refractivity contribution in [2.24, 2.45) is 0 Å². The Labute approximate surface area is 215 Å². The van der Waals surface area contributed by atoms with Crippen LogP contribution in [0.1, 0.15) is 21.5 Å². The van der Waals surface area contributed by atoms with Crippen LogP contribution in [-0.2, 0) is 0 Å². The lowest BCUT2D eigenvalue weighted by molar-refractivity contribution is 0.104. The molecule has 0 fully saturated rings. The second-order valence-electron chi connectivity index (χ2n) is 7.64. The molecule has 9 nitrogen and oxygen atoms in total. The van der Waals surface area contributed by atoms with Gasteiger partial charge in [0.15, 0.2) is 40.3 Å². The standard InChI is InChI=1S/C28H29NO8/c1-33-24-9-8-19(16-22(24)31)21(30)10-11-29-20-12-17(13-23(32)27(20)36-4)6-7-18-14-25(34-2)28(37-5)26(15-18)35-3/h6-16,29,31-32H,1-5H3. The van der Waals surface area contributed by atoms with Crippen LogP contribution in [0.2, 0.25) is 0 Å². The van der Waals surface area contributed by atoms with Gasteiger partial charge in [0.25, 0.3) is 0 Å². The van der Waals surface area contributed by atoms with E-state index < -0.39 is 0 Å². The topological polar surface area (TPSA) is 116 Å². The number of methoxy groups -OCH3 is 5. The smallest absolute Gasteiger partial charge is 0.203 e. The van der Waals surface area contributed by atoms with E-state index in [0.717, 1.165) is 5.56 Å². The van der Waals surface area contributed by atoms with Gasteiger partial charge in [0.05, 0.1) is 41.2 Å². The monoisotopic (exact) mass is 507 g/mol.